The Hall–Kier alpha value is -5.38. The van der Waals surface area contributed by atoms with Crippen LogP contribution in [0.3, 0.4) is 0 Å². The summed E-state index contributed by atoms with van der Waals surface area (Å²) < 4.78 is 27.2. The standard InChI is InChI=1S/C20H17ClFN3O.C12H9BrClN3O.C8H10BFO2/c1-11-10-17(22)12(2)9-16(11)15-7-8-18(24-19(15)23)25-20(26)13-3-5-14(21)6-4-13;13-9-5-6-10(16-11(9)15)17-12(18)7-1-3-8(14)4-2-7;1-5-4-8(10)6(2)3-7(5)9(11)12/h3-10H,1-2H3,(H3,23,24,25,26);1-6H,(H3,15,16,17,18);3-4,11-12H,1-2H3. The van der Waals surface area contributed by atoms with E-state index in [0.29, 0.717) is 70.8 Å². The molecular formula is C40H36BBrCl2F2N6O4. The first-order valence-corrected chi connectivity index (χ1v) is 18.2. The normalized spacial score (nSPS) is 10.3. The number of hydrogen-bond donors (Lipinski definition) is 6. The number of hydrogen-bond acceptors (Lipinski definition) is 8. The molecule has 0 atom stereocenters. The third-order valence-corrected chi connectivity index (χ3v) is 9.29. The summed E-state index contributed by atoms with van der Waals surface area (Å²) in [5, 5.41) is 24.2. The SMILES string of the molecule is Cc1cc(-c2ccc(NC(=O)c3ccc(Cl)cc3)nc2N)c(C)cc1F.Cc1cc(B(O)O)c(C)cc1F.Nc1nc(NC(=O)c2ccc(Cl)cc2)ccc1Br. The van der Waals surface area contributed by atoms with E-state index in [9.17, 15) is 18.4 Å². The molecule has 0 saturated carbocycles. The number of aromatic nitrogens is 2. The minimum Gasteiger partial charge on any atom is -0.423 e. The van der Waals surface area contributed by atoms with Crippen LogP contribution in [-0.2, 0) is 0 Å². The molecule has 8 N–H and O–H groups in total. The maximum atomic E-state index is 13.7. The van der Waals surface area contributed by atoms with Crippen molar-refractivity contribution in [3.05, 3.63) is 157 Å². The average Bonchev–Trinajstić information content (AvgIpc) is 3.14. The first kappa shape index (κ1) is 43.4. The van der Waals surface area contributed by atoms with Crippen LogP contribution in [-0.4, -0.2) is 38.9 Å². The van der Waals surface area contributed by atoms with Gasteiger partial charge in [0.25, 0.3) is 11.8 Å². The molecule has 4 aromatic carbocycles. The van der Waals surface area contributed by atoms with Gasteiger partial charge in [0.15, 0.2) is 0 Å². The predicted octanol–water partition coefficient (Wildman–Crippen LogP) is 8.45. The van der Waals surface area contributed by atoms with Crippen LogP contribution in [0.2, 0.25) is 10.0 Å². The second-order valence-electron chi connectivity index (χ2n) is 12.4. The highest BCUT2D eigenvalue weighted by Gasteiger charge is 2.16. The van der Waals surface area contributed by atoms with Crippen molar-refractivity contribution in [3.8, 4) is 11.1 Å². The molecule has 0 aliphatic carbocycles. The fourth-order valence-corrected chi connectivity index (χ4v) is 5.50. The fraction of sp³-hybridized carbons (Fsp3) is 0.100. The van der Waals surface area contributed by atoms with Crippen molar-refractivity contribution < 1.29 is 28.4 Å². The van der Waals surface area contributed by atoms with Gasteiger partial charge in [-0.1, -0.05) is 29.3 Å². The van der Waals surface area contributed by atoms with E-state index < -0.39 is 7.12 Å². The number of nitrogens with zero attached hydrogens (tertiary/aromatic N) is 2. The van der Waals surface area contributed by atoms with Gasteiger partial charge < -0.3 is 32.1 Å². The lowest BCUT2D eigenvalue weighted by Gasteiger charge is -2.12. The molecule has 0 bridgehead atoms. The quantitative estimate of drug-likeness (QED) is 0.0905. The van der Waals surface area contributed by atoms with Gasteiger partial charge in [0.05, 0.1) is 4.47 Å². The van der Waals surface area contributed by atoms with Crippen molar-refractivity contribution in [2.45, 2.75) is 27.7 Å². The largest absolute Gasteiger partial charge is 0.488 e. The summed E-state index contributed by atoms with van der Waals surface area (Å²) in [7, 11) is -1.52. The monoisotopic (exact) mass is 862 g/mol. The molecule has 6 aromatic rings. The zero-order valence-corrected chi connectivity index (χ0v) is 33.6. The van der Waals surface area contributed by atoms with Crippen molar-refractivity contribution in [3.63, 3.8) is 0 Å². The van der Waals surface area contributed by atoms with Crippen molar-refractivity contribution in [2.24, 2.45) is 0 Å². The summed E-state index contributed by atoms with van der Waals surface area (Å²) in [4.78, 5) is 32.4. The van der Waals surface area contributed by atoms with E-state index in [1.807, 2.05) is 6.92 Å². The fourth-order valence-electron chi connectivity index (χ4n) is 5.03. The molecule has 2 amide bonds. The molecule has 0 saturated heterocycles. The summed E-state index contributed by atoms with van der Waals surface area (Å²) in [5.41, 5.74) is 16.8. The Morgan fingerprint density at radius 2 is 1.07 bits per heavy atom. The van der Waals surface area contributed by atoms with E-state index in [-0.39, 0.29) is 29.3 Å². The van der Waals surface area contributed by atoms with Gasteiger partial charge in [-0.2, -0.15) is 0 Å². The van der Waals surface area contributed by atoms with E-state index in [0.717, 1.165) is 11.1 Å². The van der Waals surface area contributed by atoms with E-state index in [4.69, 9.17) is 44.7 Å². The van der Waals surface area contributed by atoms with Crippen molar-refractivity contribution in [2.75, 3.05) is 22.1 Å². The molecule has 0 aliphatic rings. The van der Waals surface area contributed by atoms with Crippen molar-refractivity contribution in [1.29, 1.82) is 0 Å². The molecule has 0 spiro atoms. The third-order valence-electron chi connectivity index (χ3n) is 8.12. The summed E-state index contributed by atoms with van der Waals surface area (Å²) in [6, 6.07) is 25.9. The number of benzene rings is 4. The van der Waals surface area contributed by atoms with Gasteiger partial charge >= 0.3 is 7.12 Å². The number of carbonyl (C=O) groups is 2. The van der Waals surface area contributed by atoms with Crippen LogP contribution in [0.25, 0.3) is 11.1 Å². The van der Waals surface area contributed by atoms with E-state index in [1.54, 1.807) is 99.6 Å². The number of anilines is 4. The van der Waals surface area contributed by atoms with Gasteiger partial charge in [-0.25, -0.2) is 18.7 Å². The minimum atomic E-state index is -1.52. The molecule has 0 radical (unpaired) electrons. The summed E-state index contributed by atoms with van der Waals surface area (Å²) in [5.74, 6) is 0.160. The van der Waals surface area contributed by atoms with Gasteiger partial charge in [-0.05, 0) is 168 Å². The highest BCUT2D eigenvalue weighted by Crippen LogP contribution is 2.31. The number of nitrogens with two attached hydrogens (primary N) is 2. The second kappa shape index (κ2) is 19.5. The maximum Gasteiger partial charge on any atom is 0.488 e. The Labute approximate surface area is 341 Å². The Balaban J connectivity index is 0.000000201. The Bertz CT molecular complexity index is 2370. The Morgan fingerprint density at radius 3 is 1.54 bits per heavy atom. The van der Waals surface area contributed by atoms with E-state index in [1.165, 1.54) is 18.2 Å². The molecule has 0 aliphatic heterocycles. The molecular weight excluding hydrogens is 828 g/mol. The van der Waals surface area contributed by atoms with Crippen LogP contribution in [0, 0.1) is 39.3 Å². The second-order valence-corrected chi connectivity index (χ2v) is 14.1. The third kappa shape index (κ3) is 11.8. The number of carbonyl (C=O) groups excluding carboxylic acids is 2. The zero-order valence-electron chi connectivity index (χ0n) is 30.5. The Kier molecular flexibility index (Phi) is 15.1. The number of halogens is 5. The molecule has 16 heteroatoms. The van der Waals surface area contributed by atoms with E-state index in [2.05, 4.69) is 36.5 Å². The van der Waals surface area contributed by atoms with Crippen LogP contribution >= 0.6 is 39.1 Å². The molecule has 10 nitrogen and oxygen atoms in total. The van der Waals surface area contributed by atoms with E-state index >= 15 is 0 Å². The van der Waals surface area contributed by atoms with Gasteiger partial charge in [0, 0.05) is 26.7 Å². The maximum absolute atomic E-state index is 13.7. The van der Waals surface area contributed by atoms with Crippen molar-refractivity contribution >= 4 is 86.8 Å². The highest BCUT2D eigenvalue weighted by atomic mass is 79.9. The van der Waals surface area contributed by atoms with Crippen LogP contribution in [0.4, 0.5) is 32.1 Å². The number of rotatable bonds is 6. The van der Waals surface area contributed by atoms with Crippen LogP contribution < -0.4 is 27.6 Å². The van der Waals surface area contributed by atoms with Crippen LogP contribution in [0.15, 0.2) is 102 Å². The number of pyridine rings is 2. The summed E-state index contributed by atoms with van der Waals surface area (Å²) in [6.07, 6.45) is 0. The minimum absolute atomic E-state index is 0.257. The molecule has 2 heterocycles. The molecule has 2 aromatic heterocycles. The number of nitrogen functional groups attached to an aromatic ring is 2. The lowest BCUT2D eigenvalue weighted by Crippen LogP contribution is -2.32. The van der Waals surface area contributed by atoms with Crippen LogP contribution in [0.5, 0.6) is 0 Å². The molecule has 0 fully saturated rings. The van der Waals surface area contributed by atoms with Gasteiger partial charge in [0.2, 0.25) is 0 Å². The number of aryl methyl sites for hydroxylation is 4. The predicted molar refractivity (Wildman–Crippen MR) is 224 cm³/mol. The lowest BCUT2D eigenvalue weighted by molar-refractivity contribution is 0.101. The summed E-state index contributed by atoms with van der Waals surface area (Å²) >= 11 is 14.8. The molecule has 6 rings (SSSR count). The van der Waals surface area contributed by atoms with Gasteiger partial charge in [-0.15, -0.1) is 0 Å². The summed E-state index contributed by atoms with van der Waals surface area (Å²) in [6.45, 7) is 6.73. The zero-order chi connectivity index (χ0) is 41.3. The van der Waals surface area contributed by atoms with Crippen molar-refractivity contribution in [1.82, 2.24) is 9.97 Å². The lowest BCUT2D eigenvalue weighted by atomic mass is 9.76. The number of amides is 2. The smallest absolute Gasteiger partial charge is 0.423 e. The number of nitrogens with one attached hydrogen (secondary N) is 2. The van der Waals surface area contributed by atoms with Gasteiger partial charge in [-0.3, -0.25) is 9.59 Å². The topological polar surface area (TPSA) is 176 Å². The first-order valence-electron chi connectivity index (χ1n) is 16.7. The first-order chi connectivity index (χ1) is 26.4. The Morgan fingerprint density at radius 1 is 0.625 bits per heavy atom. The molecule has 56 heavy (non-hydrogen) atoms. The van der Waals surface area contributed by atoms with Gasteiger partial charge in [0.1, 0.15) is 34.9 Å². The highest BCUT2D eigenvalue weighted by molar-refractivity contribution is 9.10. The average molecular weight is 864 g/mol. The van der Waals surface area contributed by atoms with Crippen LogP contribution in [0.1, 0.15) is 43.0 Å². The molecule has 288 valence electrons. The molecule has 0 unspecified atom stereocenters.